The van der Waals surface area contributed by atoms with E-state index in [1.807, 2.05) is 6.08 Å². The highest BCUT2D eigenvalue weighted by atomic mass is 15.2. The second-order valence-electron chi connectivity index (χ2n) is 5.98. The first-order valence-corrected chi connectivity index (χ1v) is 7.57. The first-order chi connectivity index (χ1) is 9.19. The van der Waals surface area contributed by atoms with E-state index in [4.69, 9.17) is 0 Å². The fourth-order valence-electron chi connectivity index (χ4n) is 2.96. The van der Waals surface area contributed by atoms with Crippen LogP contribution in [0, 0.1) is 18.8 Å². The van der Waals surface area contributed by atoms with Gasteiger partial charge >= 0.3 is 0 Å². The summed E-state index contributed by atoms with van der Waals surface area (Å²) in [7, 11) is 0. The number of rotatable bonds is 6. The maximum absolute atomic E-state index is 4.53. The Morgan fingerprint density at radius 3 is 2.84 bits per heavy atom. The van der Waals surface area contributed by atoms with Crippen LogP contribution in [0.15, 0.2) is 18.9 Å². The molecular formula is C16H27N3. The molecule has 1 saturated carbocycles. The van der Waals surface area contributed by atoms with Crippen LogP contribution in [0.3, 0.4) is 0 Å². The van der Waals surface area contributed by atoms with Crippen LogP contribution < -0.4 is 5.32 Å². The van der Waals surface area contributed by atoms with Crippen molar-refractivity contribution in [1.29, 1.82) is 0 Å². The van der Waals surface area contributed by atoms with Gasteiger partial charge in [-0.2, -0.15) is 0 Å². The Kier molecular flexibility index (Phi) is 5.06. The van der Waals surface area contributed by atoms with E-state index in [1.165, 1.54) is 32.1 Å². The van der Waals surface area contributed by atoms with Gasteiger partial charge in [0.25, 0.3) is 0 Å². The van der Waals surface area contributed by atoms with E-state index in [-0.39, 0.29) is 0 Å². The summed E-state index contributed by atoms with van der Waals surface area (Å²) >= 11 is 0. The lowest BCUT2D eigenvalue weighted by Gasteiger charge is -2.26. The summed E-state index contributed by atoms with van der Waals surface area (Å²) in [5, 5.41) is 3.31. The molecule has 2 rings (SSSR count). The average Bonchev–Trinajstić information content (AvgIpc) is 2.76. The average molecular weight is 261 g/mol. The van der Waals surface area contributed by atoms with E-state index in [2.05, 4.69) is 41.5 Å². The second kappa shape index (κ2) is 6.78. The molecule has 0 aliphatic heterocycles. The van der Waals surface area contributed by atoms with Crippen LogP contribution in [0.4, 0.5) is 5.95 Å². The van der Waals surface area contributed by atoms with Crippen molar-refractivity contribution in [1.82, 2.24) is 9.55 Å². The smallest absolute Gasteiger partial charge is 0.203 e. The minimum Gasteiger partial charge on any atom is -0.352 e. The third kappa shape index (κ3) is 4.12. The Bertz CT molecular complexity index is 400. The minimum atomic E-state index is 0.775. The standard InChI is InChI=1S/C16H27N3/c1-4-10-17-16-18-14(3)12-19(16)11-9-15-7-5-13(2)6-8-15/h4,12-13,15H,1,5-11H2,2-3H3,(H,17,18). The van der Waals surface area contributed by atoms with Gasteiger partial charge in [0.1, 0.15) is 0 Å². The first kappa shape index (κ1) is 14.2. The fraction of sp³-hybridized carbons (Fsp3) is 0.688. The molecule has 0 amide bonds. The Morgan fingerprint density at radius 2 is 2.16 bits per heavy atom. The van der Waals surface area contributed by atoms with Gasteiger partial charge in [-0.3, -0.25) is 0 Å². The molecule has 106 valence electrons. The van der Waals surface area contributed by atoms with E-state index in [0.717, 1.165) is 36.6 Å². The summed E-state index contributed by atoms with van der Waals surface area (Å²) < 4.78 is 2.26. The van der Waals surface area contributed by atoms with Gasteiger partial charge in [-0.15, -0.1) is 6.58 Å². The molecule has 0 saturated heterocycles. The summed E-state index contributed by atoms with van der Waals surface area (Å²) in [4.78, 5) is 4.53. The van der Waals surface area contributed by atoms with Crippen LogP contribution >= 0.6 is 0 Å². The van der Waals surface area contributed by atoms with Crippen LogP contribution in [0.1, 0.15) is 44.7 Å². The van der Waals surface area contributed by atoms with E-state index in [1.54, 1.807) is 0 Å². The molecule has 1 heterocycles. The lowest BCUT2D eigenvalue weighted by molar-refractivity contribution is 0.269. The predicted molar refractivity (Wildman–Crippen MR) is 81.4 cm³/mol. The number of hydrogen-bond donors (Lipinski definition) is 1. The zero-order chi connectivity index (χ0) is 13.7. The number of anilines is 1. The van der Waals surface area contributed by atoms with Crippen LogP contribution in [0.25, 0.3) is 0 Å². The third-order valence-corrected chi connectivity index (χ3v) is 4.22. The Labute approximate surface area is 117 Å². The van der Waals surface area contributed by atoms with Crippen LogP contribution in [-0.2, 0) is 6.54 Å². The molecule has 1 N–H and O–H groups in total. The molecule has 1 aromatic rings. The minimum absolute atomic E-state index is 0.775. The predicted octanol–water partition coefficient (Wildman–Crippen LogP) is 4.01. The van der Waals surface area contributed by atoms with Gasteiger partial charge in [-0.25, -0.2) is 4.98 Å². The van der Waals surface area contributed by atoms with Crippen LogP contribution in [0.2, 0.25) is 0 Å². The van der Waals surface area contributed by atoms with Crippen molar-refractivity contribution < 1.29 is 0 Å². The van der Waals surface area contributed by atoms with Gasteiger partial charge in [-0.05, 0) is 25.2 Å². The molecule has 3 heteroatoms. The number of hydrogen-bond acceptors (Lipinski definition) is 2. The lowest BCUT2D eigenvalue weighted by Crippen LogP contribution is -2.15. The zero-order valence-corrected chi connectivity index (χ0v) is 12.4. The molecule has 3 nitrogen and oxygen atoms in total. The summed E-state index contributed by atoms with van der Waals surface area (Å²) in [6, 6.07) is 0. The first-order valence-electron chi connectivity index (χ1n) is 7.57. The van der Waals surface area contributed by atoms with E-state index in [9.17, 15) is 0 Å². The number of aromatic nitrogens is 2. The van der Waals surface area contributed by atoms with Gasteiger partial charge in [0.2, 0.25) is 5.95 Å². The van der Waals surface area contributed by atoms with Crippen molar-refractivity contribution in [2.75, 3.05) is 11.9 Å². The quantitative estimate of drug-likeness (QED) is 0.784. The van der Waals surface area contributed by atoms with E-state index in [0.29, 0.717) is 0 Å². The fourth-order valence-corrected chi connectivity index (χ4v) is 2.96. The van der Waals surface area contributed by atoms with Crippen molar-refractivity contribution in [2.24, 2.45) is 11.8 Å². The highest BCUT2D eigenvalue weighted by molar-refractivity contribution is 5.29. The zero-order valence-electron chi connectivity index (χ0n) is 12.4. The normalized spacial score (nSPS) is 23.3. The Morgan fingerprint density at radius 1 is 1.42 bits per heavy atom. The van der Waals surface area contributed by atoms with Gasteiger partial charge in [0.05, 0.1) is 5.69 Å². The van der Waals surface area contributed by atoms with Crippen LogP contribution in [0.5, 0.6) is 0 Å². The van der Waals surface area contributed by atoms with Crippen molar-refractivity contribution in [3.63, 3.8) is 0 Å². The molecule has 0 aromatic carbocycles. The van der Waals surface area contributed by atoms with Crippen LogP contribution in [-0.4, -0.2) is 16.1 Å². The SMILES string of the molecule is C=CCNc1nc(C)cn1CCC1CCC(C)CC1. The van der Waals surface area contributed by atoms with Gasteiger partial charge in [-0.1, -0.05) is 38.7 Å². The second-order valence-corrected chi connectivity index (χ2v) is 5.98. The number of imidazole rings is 1. The molecule has 19 heavy (non-hydrogen) atoms. The highest BCUT2D eigenvalue weighted by Gasteiger charge is 2.18. The maximum Gasteiger partial charge on any atom is 0.203 e. The molecule has 1 aliphatic rings. The Balaban J connectivity index is 1.86. The lowest BCUT2D eigenvalue weighted by atomic mass is 9.81. The van der Waals surface area contributed by atoms with Gasteiger partial charge in [0, 0.05) is 19.3 Å². The van der Waals surface area contributed by atoms with E-state index < -0.39 is 0 Å². The maximum atomic E-state index is 4.53. The molecule has 0 unspecified atom stereocenters. The summed E-state index contributed by atoms with van der Waals surface area (Å²) in [6.07, 6.45) is 10.9. The molecule has 0 atom stereocenters. The number of nitrogens with one attached hydrogen (secondary N) is 1. The largest absolute Gasteiger partial charge is 0.352 e. The highest BCUT2D eigenvalue weighted by Crippen LogP contribution is 2.30. The molecule has 0 bridgehead atoms. The molecular weight excluding hydrogens is 234 g/mol. The van der Waals surface area contributed by atoms with Crippen molar-refractivity contribution in [3.8, 4) is 0 Å². The summed E-state index contributed by atoms with van der Waals surface area (Å²) in [5.74, 6) is 2.84. The molecule has 0 spiro atoms. The van der Waals surface area contributed by atoms with Gasteiger partial charge < -0.3 is 9.88 Å². The molecule has 1 fully saturated rings. The number of nitrogens with zero attached hydrogens (tertiary/aromatic N) is 2. The van der Waals surface area contributed by atoms with Crippen molar-refractivity contribution >= 4 is 5.95 Å². The monoisotopic (exact) mass is 261 g/mol. The Hall–Kier alpha value is -1.25. The molecule has 1 aromatic heterocycles. The molecule has 0 radical (unpaired) electrons. The van der Waals surface area contributed by atoms with Crippen molar-refractivity contribution in [2.45, 2.75) is 52.5 Å². The summed E-state index contributed by atoms with van der Waals surface area (Å²) in [5.41, 5.74) is 1.09. The third-order valence-electron chi connectivity index (χ3n) is 4.22. The van der Waals surface area contributed by atoms with Crippen molar-refractivity contribution in [3.05, 3.63) is 24.5 Å². The summed E-state index contributed by atoms with van der Waals surface area (Å²) in [6.45, 7) is 10.0. The van der Waals surface area contributed by atoms with E-state index >= 15 is 0 Å². The van der Waals surface area contributed by atoms with Gasteiger partial charge in [0.15, 0.2) is 0 Å². The molecule has 1 aliphatic carbocycles. The topological polar surface area (TPSA) is 29.9 Å². The number of aryl methyl sites for hydroxylation is 2.